The number of methoxy groups -OCH3 is 2. The molecular formula is C20H26N2O3. The first kappa shape index (κ1) is 17.6. The van der Waals surface area contributed by atoms with Gasteiger partial charge in [0.2, 0.25) is 0 Å². The molecule has 0 unspecified atom stereocenters. The highest BCUT2D eigenvalue weighted by atomic mass is 16.5. The maximum atomic E-state index is 5.39. The Morgan fingerprint density at radius 3 is 2.28 bits per heavy atom. The molecule has 1 heterocycles. The lowest BCUT2D eigenvalue weighted by atomic mass is 10.1. The van der Waals surface area contributed by atoms with E-state index in [1.165, 1.54) is 5.56 Å². The van der Waals surface area contributed by atoms with Crippen molar-refractivity contribution in [2.75, 3.05) is 45.8 Å². The molecule has 1 aliphatic heterocycles. The summed E-state index contributed by atoms with van der Waals surface area (Å²) in [6.45, 7) is 5.43. The van der Waals surface area contributed by atoms with Crippen molar-refractivity contribution in [2.24, 2.45) is 0 Å². The summed E-state index contributed by atoms with van der Waals surface area (Å²) in [6, 6.07) is 14.6. The topological polar surface area (TPSA) is 43.0 Å². The number of ether oxygens (including phenoxy) is 3. The number of nitrogens with zero attached hydrogens (tertiary/aromatic N) is 1. The Morgan fingerprint density at radius 1 is 0.920 bits per heavy atom. The fourth-order valence-electron chi connectivity index (χ4n) is 2.94. The SMILES string of the molecule is COc1ccc(CNc2ccc(CN3CCOCC3)cc2)cc1OC. The van der Waals surface area contributed by atoms with E-state index >= 15 is 0 Å². The molecule has 5 heteroatoms. The summed E-state index contributed by atoms with van der Waals surface area (Å²) < 4.78 is 16.0. The highest BCUT2D eigenvalue weighted by molar-refractivity contribution is 5.47. The van der Waals surface area contributed by atoms with Crippen molar-refractivity contribution >= 4 is 5.69 Å². The van der Waals surface area contributed by atoms with Gasteiger partial charge in [0.1, 0.15) is 0 Å². The predicted octanol–water partition coefficient (Wildman–Crippen LogP) is 3.15. The van der Waals surface area contributed by atoms with Crippen LogP contribution < -0.4 is 14.8 Å². The Kier molecular flexibility index (Phi) is 6.14. The Hall–Kier alpha value is -2.24. The lowest BCUT2D eigenvalue weighted by molar-refractivity contribution is 0.0342. The maximum Gasteiger partial charge on any atom is 0.161 e. The van der Waals surface area contributed by atoms with Crippen LogP contribution in [0.3, 0.4) is 0 Å². The number of nitrogens with one attached hydrogen (secondary N) is 1. The second-order valence-electron chi connectivity index (χ2n) is 6.13. The van der Waals surface area contributed by atoms with Gasteiger partial charge < -0.3 is 19.5 Å². The first-order valence-electron chi connectivity index (χ1n) is 8.62. The highest BCUT2D eigenvalue weighted by Crippen LogP contribution is 2.27. The number of anilines is 1. The standard InChI is InChI=1S/C20H26N2O3/c1-23-19-8-5-17(13-20(19)24-2)14-21-18-6-3-16(4-7-18)15-22-9-11-25-12-10-22/h3-8,13,21H,9-12,14-15H2,1-2H3. The van der Waals surface area contributed by atoms with Crippen LogP contribution in [0, 0.1) is 0 Å². The minimum absolute atomic E-state index is 0.739. The smallest absolute Gasteiger partial charge is 0.161 e. The van der Waals surface area contributed by atoms with Crippen molar-refractivity contribution in [2.45, 2.75) is 13.1 Å². The fraction of sp³-hybridized carbons (Fsp3) is 0.400. The number of hydrogen-bond acceptors (Lipinski definition) is 5. The molecule has 3 rings (SSSR count). The third-order valence-corrected chi connectivity index (χ3v) is 4.41. The average Bonchev–Trinajstić information content (AvgIpc) is 2.68. The van der Waals surface area contributed by atoms with Crippen molar-refractivity contribution in [1.29, 1.82) is 0 Å². The van der Waals surface area contributed by atoms with Crippen LogP contribution in [-0.4, -0.2) is 45.4 Å². The second-order valence-corrected chi connectivity index (χ2v) is 6.13. The van der Waals surface area contributed by atoms with Gasteiger partial charge in [-0.1, -0.05) is 18.2 Å². The van der Waals surface area contributed by atoms with Crippen molar-refractivity contribution in [1.82, 2.24) is 4.90 Å². The van der Waals surface area contributed by atoms with Crippen LogP contribution >= 0.6 is 0 Å². The summed E-state index contributed by atoms with van der Waals surface area (Å²) in [5, 5.41) is 3.45. The first-order valence-corrected chi connectivity index (χ1v) is 8.62. The molecule has 1 aliphatic rings. The molecule has 1 saturated heterocycles. The van der Waals surface area contributed by atoms with Gasteiger partial charge in [0.25, 0.3) is 0 Å². The molecule has 0 spiro atoms. The van der Waals surface area contributed by atoms with Crippen molar-refractivity contribution in [3.63, 3.8) is 0 Å². The second kappa shape index (κ2) is 8.74. The first-order chi connectivity index (χ1) is 12.3. The molecule has 0 bridgehead atoms. The lowest BCUT2D eigenvalue weighted by Gasteiger charge is -2.26. The molecular weight excluding hydrogens is 316 g/mol. The van der Waals surface area contributed by atoms with Crippen LogP contribution in [0.15, 0.2) is 42.5 Å². The van der Waals surface area contributed by atoms with Gasteiger partial charge in [-0.15, -0.1) is 0 Å². The molecule has 1 fully saturated rings. The van der Waals surface area contributed by atoms with Gasteiger partial charge in [0.15, 0.2) is 11.5 Å². The van der Waals surface area contributed by atoms with Crippen LogP contribution in [0.2, 0.25) is 0 Å². The summed E-state index contributed by atoms with van der Waals surface area (Å²) in [5.41, 5.74) is 3.59. The number of morpholine rings is 1. The normalized spacial score (nSPS) is 15.0. The van der Waals surface area contributed by atoms with E-state index in [1.807, 2.05) is 18.2 Å². The molecule has 0 atom stereocenters. The van der Waals surface area contributed by atoms with E-state index in [2.05, 4.69) is 34.5 Å². The molecule has 134 valence electrons. The van der Waals surface area contributed by atoms with Crippen LogP contribution in [0.4, 0.5) is 5.69 Å². The van der Waals surface area contributed by atoms with E-state index < -0.39 is 0 Å². The van der Waals surface area contributed by atoms with Gasteiger partial charge in [-0.25, -0.2) is 0 Å². The Bertz CT molecular complexity index is 667. The molecule has 25 heavy (non-hydrogen) atoms. The zero-order valence-corrected chi connectivity index (χ0v) is 15.0. The monoisotopic (exact) mass is 342 g/mol. The van der Waals surface area contributed by atoms with Crippen LogP contribution in [0.5, 0.6) is 11.5 Å². The predicted molar refractivity (Wildman–Crippen MR) is 99.4 cm³/mol. The fourth-order valence-corrected chi connectivity index (χ4v) is 2.94. The summed E-state index contributed by atoms with van der Waals surface area (Å²) >= 11 is 0. The van der Waals surface area contributed by atoms with E-state index in [-0.39, 0.29) is 0 Å². The highest BCUT2D eigenvalue weighted by Gasteiger charge is 2.10. The van der Waals surface area contributed by atoms with Crippen molar-refractivity contribution in [3.8, 4) is 11.5 Å². The molecule has 0 aromatic heterocycles. The molecule has 5 nitrogen and oxygen atoms in total. The molecule has 1 N–H and O–H groups in total. The van der Waals surface area contributed by atoms with E-state index in [4.69, 9.17) is 14.2 Å². The molecule has 0 saturated carbocycles. The van der Waals surface area contributed by atoms with Gasteiger partial charge in [-0.2, -0.15) is 0 Å². The van der Waals surface area contributed by atoms with Crippen LogP contribution in [0.25, 0.3) is 0 Å². The Morgan fingerprint density at radius 2 is 1.60 bits per heavy atom. The van der Waals surface area contributed by atoms with Gasteiger partial charge in [-0.05, 0) is 35.4 Å². The van der Waals surface area contributed by atoms with Crippen LogP contribution in [-0.2, 0) is 17.8 Å². The largest absolute Gasteiger partial charge is 0.493 e. The lowest BCUT2D eigenvalue weighted by Crippen LogP contribution is -2.35. The van der Waals surface area contributed by atoms with Gasteiger partial charge >= 0.3 is 0 Å². The average molecular weight is 342 g/mol. The quantitative estimate of drug-likeness (QED) is 0.837. The zero-order chi connectivity index (χ0) is 17.5. The summed E-state index contributed by atoms with van der Waals surface area (Å²) in [6.07, 6.45) is 0. The minimum atomic E-state index is 0.739. The molecule has 2 aromatic carbocycles. The van der Waals surface area contributed by atoms with Crippen LogP contribution in [0.1, 0.15) is 11.1 Å². The Balaban J connectivity index is 1.54. The van der Waals surface area contributed by atoms with E-state index in [1.54, 1.807) is 14.2 Å². The van der Waals surface area contributed by atoms with E-state index in [0.29, 0.717) is 0 Å². The summed E-state index contributed by atoms with van der Waals surface area (Å²) in [4.78, 5) is 2.43. The van der Waals surface area contributed by atoms with Crippen molar-refractivity contribution in [3.05, 3.63) is 53.6 Å². The molecule has 0 aliphatic carbocycles. The van der Waals surface area contributed by atoms with Gasteiger partial charge in [0, 0.05) is 31.9 Å². The number of hydrogen-bond donors (Lipinski definition) is 1. The molecule has 0 amide bonds. The summed E-state index contributed by atoms with van der Waals surface area (Å²) in [7, 11) is 3.30. The van der Waals surface area contributed by atoms with Crippen molar-refractivity contribution < 1.29 is 14.2 Å². The third kappa shape index (κ3) is 4.87. The number of rotatable bonds is 7. The molecule has 0 radical (unpaired) electrons. The zero-order valence-electron chi connectivity index (χ0n) is 15.0. The summed E-state index contributed by atoms with van der Waals surface area (Å²) in [5.74, 6) is 1.50. The molecule has 2 aromatic rings. The van der Waals surface area contributed by atoms with E-state index in [9.17, 15) is 0 Å². The maximum absolute atomic E-state index is 5.39. The van der Waals surface area contributed by atoms with E-state index in [0.717, 1.165) is 62.1 Å². The van der Waals surface area contributed by atoms with Gasteiger partial charge in [-0.3, -0.25) is 4.90 Å². The van der Waals surface area contributed by atoms with Gasteiger partial charge in [0.05, 0.1) is 27.4 Å². The minimum Gasteiger partial charge on any atom is -0.493 e. The Labute approximate surface area is 149 Å². The third-order valence-electron chi connectivity index (χ3n) is 4.41. The number of benzene rings is 2.